The van der Waals surface area contributed by atoms with E-state index in [2.05, 4.69) is 10.6 Å². The molecule has 0 radical (unpaired) electrons. The van der Waals surface area contributed by atoms with Crippen molar-refractivity contribution in [3.05, 3.63) is 33.8 Å². The van der Waals surface area contributed by atoms with Gasteiger partial charge >= 0.3 is 13.1 Å². The number of nitrogens with zero attached hydrogens (tertiary/aromatic N) is 1. The predicted molar refractivity (Wildman–Crippen MR) is 131 cm³/mol. The highest BCUT2D eigenvalue weighted by atomic mass is 35.5. The van der Waals surface area contributed by atoms with Crippen molar-refractivity contribution in [3.8, 4) is 0 Å². The molecule has 196 valence electrons. The summed E-state index contributed by atoms with van der Waals surface area (Å²) >= 11 is 11.9. The molecule has 0 bridgehead atoms. The fourth-order valence-electron chi connectivity index (χ4n) is 3.75. The van der Waals surface area contributed by atoms with Gasteiger partial charge in [0.05, 0.1) is 35.9 Å². The standard InChI is InChI=1S/C22H28BCl2N3O8/c1-12(2)7-16(27-17(29)11-26-20(33)14-8-13(24)5-6-15(14)25)23-35-19(32)10-22(36-23,9-18(30)31)21(34)28(3)4/h5-6,8,12,16H,7,9-11H2,1-4H3,(H,26,33)(H,27,29)(H,30,31)/t16-,22-/m0/s1. The minimum atomic E-state index is -1.99. The first-order valence-electron chi connectivity index (χ1n) is 11.1. The third-order valence-electron chi connectivity index (χ3n) is 5.23. The van der Waals surface area contributed by atoms with Crippen LogP contribution in [-0.2, 0) is 28.5 Å². The molecule has 36 heavy (non-hydrogen) atoms. The van der Waals surface area contributed by atoms with Crippen LogP contribution in [0.15, 0.2) is 18.2 Å². The Bertz CT molecular complexity index is 1030. The molecule has 0 unspecified atom stereocenters. The maximum absolute atomic E-state index is 12.9. The van der Waals surface area contributed by atoms with Crippen molar-refractivity contribution in [1.82, 2.24) is 15.5 Å². The number of carboxylic acids is 1. The molecule has 1 aromatic rings. The van der Waals surface area contributed by atoms with Gasteiger partial charge in [-0.2, -0.15) is 0 Å². The second kappa shape index (κ2) is 12.4. The predicted octanol–water partition coefficient (Wildman–Crippen LogP) is 1.55. The summed E-state index contributed by atoms with van der Waals surface area (Å²) < 4.78 is 11.1. The zero-order chi connectivity index (χ0) is 27.2. The highest BCUT2D eigenvalue weighted by Gasteiger charge is 2.54. The second-order valence-corrected chi connectivity index (χ2v) is 9.87. The molecule has 3 amide bonds. The summed E-state index contributed by atoms with van der Waals surface area (Å²) in [6, 6.07) is 4.32. The number of aliphatic carboxylic acids is 1. The lowest BCUT2D eigenvalue weighted by Crippen LogP contribution is -2.63. The summed E-state index contributed by atoms with van der Waals surface area (Å²) in [4.78, 5) is 63.1. The van der Waals surface area contributed by atoms with Gasteiger partial charge in [-0.1, -0.05) is 37.0 Å². The Labute approximate surface area is 218 Å². The fraction of sp³-hybridized carbons (Fsp3) is 0.500. The number of carbonyl (C=O) groups excluding carboxylic acids is 4. The Kier molecular flexibility index (Phi) is 10.1. The number of benzene rings is 1. The second-order valence-electron chi connectivity index (χ2n) is 9.03. The monoisotopic (exact) mass is 543 g/mol. The van der Waals surface area contributed by atoms with E-state index in [0.29, 0.717) is 5.02 Å². The van der Waals surface area contributed by atoms with E-state index in [1.807, 2.05) is 13.8 Å². The minimum Gasteiger partial charge on any atom is -0.508 e. The summed E-state index contributed by atoms with van der Waals surface area (Å²) in [5, 5.41) is 14.9. The Morgan fingerprint density at radius 2 is 1.89 bits per heavy atom. The number of carboxylic acid groups (broad SMARTS) is 1. The van der Waals surface area contributed by atoms with Crippen LogP contribution in [-0.4, -0.2) is 79.0 Å². The minimum absolute atomic E-state index is 0.0159. The van der Waals surface area contributed by atoms with Crippen LogP contribution < -0.4 is 10.6 Å². The molecule has 14 heteroatoms. The molecule has 11 nitrogen and oxygen atoms in total. The van der Waals surface area contributed by atoms with Crippen LogP contribution in [0, 0.1) is 5.92 Å². The number of amides is 3. The fourth-order valence-corrected chi connectivity index (χ4v) is 4.12. The molecule has 2 rings (SSSR count). The number of hydrogen-bond acceptors (Lipinski definition) is 7. The lowest BCUT2D eigenvalue weighted by molar-refractivity contribution is -0.169. The molecule has 1 aromatic carbocycles. The number of carbonyl (C=O) groups is 5. The van der Waals surface area contributed by atoms with Crippen molar-refractivity contribution in [1.29, 1.82) is 0 Å². The van der Waals surface area contributed by atoms with Crippen molar-refractivity contribution in [2.75, 3.05) is 20.6 Å². The van der Waals surface area contributed by atoms with Crippen LogP contribution in [0.3, 0.4) is 0 Å². The van der Waals surface area contributed by atoms with Gasteiger partial charge in [-0.3, -0.25) is 24.0 Å². The first-order valence-corrected chi connectivity index (χ1v) is 11.8. The van der Waals surface area contributed by atoms with Gasteiger partial charge in [0.25, 0.3) is 17.8 Å². The number of rotatable bonds is 10. The van der Waals surface area contributed by atoms with Gasteiger partial charge in [0.2, 0.25) is 5.91 Å². The Hall–Kier alpha value is -2.83. The smallest absolute Gasteiger partial charge is 0.508 e. The summed E-state index contributed by atoms with van der Waals surface area (Å²) in [6.45, 7) is 3.25. The van der Waals surface area contributed by atoms with Gasteiger partial charge in [-0.05, 0) is 30.5 Å². The Morgan fingerprint density at radius 1 is 1.22 bits per heavy atom. The summed E-state index contributed by atoms with van der Waals surface area (Å²) in [7, 11) is 1.39. The molecule has 1 aliphatic heterocycles. The topological polar surface area (TPSA) is 151 Å². The Balaban J connectivity index is 2.19. The average molecular weight is 544 g/mol. The van der Waals surface area contributed by atoms with E-state index in [1.54, 1.807) is 0 Å². The van der Waals surface area contributed by atoms with Crippen LogP contribution >= 0.6 is 23.2 Å². The molecule has 1 heterocycles. The maximum Gasteiger partial charge on any atom is 0.552 e. The third kappa shape index (κ3) is 7.84. The zero-order valence-corrected chi connectivity index (χ0v) is 21.8. The molecule has 0 aromatic heterocycles. The summed E-state index contributed by atoms with van der Waals surface area (Å²) in [5.41, 5.74) is -1.91. The first-order chi connectivity index (χ1) is 16.7. The van der Waals surface area contributed by atoms with Gasteiger partial charge in [0, 0.05) is 19.1 Å². The quantitative estimate of drug-likeness (QED) is 0.376. The Morgan fingerprint density at radius 3 is 2.47 bits per heavy atom. The molecule has 1 aliphatic rings. The van der Waals surface area contributed by atoms with Crippen molar-refractivity contribution in [3.63, 3.8) is 0 Å². The van der Waals surface area contributed by atoms with E-state index in [-0.39, 0.29) is 22.9 Å². The van der Waals surface area contributed by atoms with Crippen LogP contribution in [0.5, 0.6) is 0 Å². The molecule has 0 spiro atoms. The first kappa shape index (κ1) is 29.4. The lowest BCUT2D eigenvalue weighted by Gasteiger charge is -2.40. The van der Waals surface area contributed by atoms with Gasteiger partial charge in [0.15, 0.2) is 5.60 Å². The van der Waals surface area contributed by atoms with E-state index < -0.39 is 67.7 Å². The molecule has 2 atom stereocenters. The van der Waals surface area contributed by atoms with Crippen LogP contribution in [0.4, 0.5) is 0 Å². The van der Waals surface area contributed by atoms with E-state index >= 15 is 0 Å². The summed E-state index contributed by atoms with van der Waals surface area (Å²) in [6.07, 6.45) is -1.10. The van der Waals surface area contributed by atoms with Crippen LogP contribution in [0.2, 0.25) is 10.0 Å². The SMILES string of the molecule is CC(C)C[C@H](NC(=O)CNC(=O)c1cc(Cl)ccc1Cl)B1OC(=O)C[C@@](CC(=O)O)(C(=O)N(C)C)O1. The van der Waals surface area contributed by atoms with E-state index in [1.165, 1.54) is 32.3 Å². The van der Waals surface area contributed by atoms with Crippen LogP contribution in [0.25, 0.3) is 0 Å². The van der Waals surface area contributed by atoms with Crippen molar-refractivity contribution < 1.29 is 38.4 Å². The van der Waals surface area contributed by atoms with Crippen LogP contribution in [0.1, 0.15) is 43.5 Å². The summed E-state index contributed by atoms with van der Waals surface area (Å²) in [5.74, 6) is -5.11. The van der Waals surface area contributed by atoms with Gasteiger partial charge < -0.3 is 29.9 Å². The van der Waals surface area contributed by atoms with Gasteiger partial charge in [0.1, 0.15) is 0 Å². The average Bonchev–Trinajstić information content (AvgIpc) is 2.76. The van der Waals surface area contributed by atoms with Crippen molar-refractivity contribution >= 4 is 60.0 Å². The molecular formula is C22H28BCl2N3O8. The molecule has 0 aliphatic carbocycles. The van der Waals surface area contributed by atoms with Crippen molar-refractivity contribution in [2.45, 2.75) is 44.7 Å². The third-order valence-corrected chi connectivity index (χ3v) is 5.80. The normalized spacial score (nSPS) is 18.3. The lowest BCUT2D eigenvalue weighted by atomic mass is 9.70. The highest BCUT2D eigenvalue weighted by molar-refractivity contribution is 6.50. The number of likely N-dealkylation sites (N-methyl/N-ethyl adjacent to an activating group) is 1. The molecule has 1 fully saturated rings. The van der Waals surface area contributed by atoms with E-state index in [4.69, 9.17) is 32.5 Å². The number of halogens is 2. The number of nitrogens with one attached hydrogen (secondary N) is 2. The maximum atomic E-state index is 12.9. The number of hydrogen-bond donors (Lipinski definition) is 3. The molecule has 3 N–H and O–H groups in total. The van der Waals surface area contributed by atoms with E-state index in [0.717, 1.165) is 4.90 Å². The molecule has 0 saturated carbocycles. The molecule has 1 saturated heterocycles. The van der Waals surface area contributed by atoms with E-state index in [9.17, 15) is 29.1 Å². The van der Waals surface area contributed by atoms with Gasteiger partial charge in [-0.25, -0.2) is 0 Å². The highest BCUT2D eigenvalue weighted by Crippen LogP contribution is 2.31. The largest absolute Gasteiger partial charge is 0.552 e. The van der Waals surface area contributed by atoms with Crippen molar-refractivity contribution in [2.24, 2.45) is 5.92 Å². The van der Waals surface area contributed by atoms with Gasteiger partial charge in [-0.15, -0.1) is 0 Å². The zero-order valence-electron chi connectivity index (χ0n) is 20.3. The molecular weight excluding hydrogens is 516 g/mol.